The second-order valence-corrected chi connectivity index (χ2v) is 5.80. The van der Waals surface area contributed by atoms with Crippen LogP contribution in [0.1, 0.15) is 39.2 Å². The fourth-order valence-corrected chi connectivity index (χ4v) is 3.12. The molecule has 1 aliphatic carbocycles. The van der Waals surface area contributed by atoms with Gasteiger partial charge in [-0.15, -0.1) is 0 Å². The van der Waals surface area contributed by atoms with E-state index in [0.717, 1.165) is 11.2 Å². The molecule has 0 amide bonds. The van der Waals surface area contributed by atoms with Gasteiger partial charge in [0.05, 0.1) is 17.4 Å². The number of anilines is 1. The average molecular weight is 229 g/mol. The van der Waals surface area contributed by atoms with E-state index in [1.807, 2.05) is 18.5 Å². The van der Waals surface area contributed by atoms with Crippen LogP contribution in [0, 0.1) is 5.41 Å². The molecule has 3 nitrogen and oxygen atoms in total. The van der Waals surface area contributed by atoms with Crippen molar-refractivity contribution in [3.05, 3.63) is 24.5 Å². The Balaban J connectivity index is 2.12. The SMILES string of the molecule is CC1(C)CCCC1n1cnc2cc(N)ccc21. The molecule has 1 aromatic carbocycles. The van der Waals surface area contributed by atoms with Crippen LogP contribution in [0.15, 0.2) is 24.5 Å². The van der Waals surface area contributed by atoms with E-state index in [2.05, 4.69) is 29.5 Å². The van der Waals surface area contributed by atoms with Crippen LogP contribution in [0.25, 0.3) is 11.0 Å². The molecule has 1 saturated carbocycles. The molecule has 1 fully saturated rings. The summed E-state index contributed by atoms with van der Waals surface area (Å²) in [5, 5.41) is 0. The van der Waals surface area contributed by atoms with Gasteiger partial charge in [0.15, 0.2) is 0 Å². The number of nitrogens with zero attached hydrogens (tertiary/aromatic N) is 2. The van der Waals surface area contributed by atoms with Crippen LogP contribution in [-0.4, -0.2) is 9.55 Å². The zero-order chi connectivity index (χ0) is 12.0. The van der Waals surface area contributed by atoms with E-state index >= 15 is 0 Å². The van der Waals surface area contributed by atoms with E-state index in [0.29, 0.717) is 11.5 Å². The van der Waals surface area contributed by atoms with Crippen LogP contribution in [0.5, 0.6) is 0 Å². The van der Waals surface area contributed by atoms with Gasteiger partial charge in [0, 0.05) is 11.7 Å². The molecule has 90 valence electrons. The molecule has 3 rings (SSSR count). The Bertz CT molecular complexity index is 554. The highest BCUT2D eigenvalue weighted by atomic mass is 15.1. The first-order valence-electron chi connectivity index (χ1n) is 6.30. The minimum absolute atomic E-state index is 0.370. The number of aromatic nitrogens is 2. The Morgan fingerprint density at radius 2 is 2.24 bits per heavy atom. The molecular weight excluding hydrogens is 210 g/mol. The Kier molecular flexibility index (Phi) is 2.18. The van der Waals surface area contributed by atoms with Crippen LogP contribution in [0.4, 0.5) is 5.69 Å². The average Bonchev–Trinajstić information content (AvgIpc) is 2.80. The minimum Gasteiger partial charge on any atom is -0.399 e. The van der Waals surface area contributed by atoms with E-state index < -0.39 is 0 Å². The van der Waals surface area contributed by atoms with Gasteiger partial charge in [-0.3, -0.25) is 0 Å². The highest BCUT2D eigenvalue weighted by molar-refractivity contribution is 5.79. The summed E-state index contributed by atoms with van der Waals surface area (Å²) in [5.74, 6) is 0. The Morgan fingerprint density at radius 1 is 1.41 bits per heavy atom. The van der Waals surface area contributed by atoms with Gasteiger partial charge in [0.25, 0.3) is 0 Å². The van der Waals surface area contributed by atoms with Crippen LogP contribution < -0.4 is 5.73 Å². The lowest BCUT2D eigenvalue weighted by molar-refractivity contribution is 0.265. The standard InChI is InChI=1S/C14H19N3/c1-14(2)7-3-4-13(14)17-9-16-11-8-10(15)5-6-12(11)17/h5-6,8-9,13H,3-4,7,15H2,1-2H3. The van der Waals surface area contributed by atoms with Crippen LogP contribution >= 0.6 is 0 Å². The summed E-state index contributed by atoms with van der Waals surface area (Å²) in [4.78, 5) is 4.47. The van der Waals surface area contributed by atoms with E-state index in [9.17, 15) is 0 Å². The fraction of sp³-hybridized carbons (Fsp3) is 0.500. The van der Waals surface area contributed by atoms with Crippen molar-refractivity contribution in [3.63, 3.8) is 0 Å². The summed E-state index contributed by atoms with van der Waals surface area (Å²) in [6.07, 6.45) is 5.84. The Labute approximate surface area is 102 Å². The fourth-order valence-electron chi connectivity index (χ4n) is 3.12. The van der Waals surface area contributed by atoms with Gasteiger partial charge in [-0.05, 0) is 36.5 Å². The van der Waals surface area contributed by atoms with Crippen molar-refractivity contribution in [2.45, 2.75) is 39.2 Å². The summed E-state index contributed by atoms with van der Waals surface area (Å²) in [7, 11) is 0. The quantitative estimate of drug-likeness (QED) is 0.762. The zero-order valence-electron chi connectivity index (χ0n) is 10.5. The molecule has 0 radical (unpaired) electrons. The third-order valence-corrected chi connectivity index (χ3v) is 4.14. The predicted octanol–water partition coefficient (Wildman–Crippen LogP) is 3.37. The summed E-state index contributed by atoms with van der Waals surface area (Å²) in [6, 6.07) is 6.57. The second-order valence-electron chi connectivity index (χ2n) is 5.80. The summed E-state index contributed by atoms with van der Waals surface area (Å²) in [6.45, 7) is 4.71. The molecule has 17 heavy (non-hydrogen) atoms. The van der Waals surface area contributed by atoms with Gasteiger partial charge in [-0.1, -0.05) is 20.3 Å². The molecular formula is C14H19N3. The molecule has 0 spiro atoms. The van der Waals surface area contributed by atoms with Gasteiger partial charge in [-0.2, -0.15) is 0 Å². The number of fused-ring (bicyclic) bond motifs is 1. The first kappa shape index (κ1) is 10.6. The molecule has 0 aliphatic heterocycles. The summed E-state index contributed by atoms with van der Waals surface area (Å²) < 4.78 is 2.34. The summed E-state index contributed by atoms with van der Waals surface area (Å²) >= 11 is 0. The van der Waals surface area contributed by atoms with Crippen LogP contribution in [0.2, 0.25) is 0 Å². The first-order chi connectivity index (χ1) is 8.08. The zero-order valence-corrected chi connectivity index (χ0v) is 10.5. The smallest absolute Gasteiger partial charge is 0.0961 e. The van der Waals surface area contributed by atoms with Crippen molar-refractivity contribution >= 4 is 16.7 Å². The highest BCUT2D eigenvalue weighted by Gasteiger charge is 2.36. The van der Waals surface area contributed by atoms with Gasteiger partial charge < -0.3 is 10.3 Å². The Hall–Kier alpha value is -1.51. The van der Waals surface area contributed by atoms with Gasteiger partial charge >= 0.3 is 0 Å². The maximum Gasteiger partial charge on any atom is 0.0961 e. The van der Waals surface area contributed by atoms with Crippen molar-refractivity contribution in [1.29, 1.82) is 0 Å². The van der Waals surface area contributed by atoms with E-state index in [4.69, 9.17) is 5.73 Å². The molecule has 0 saturated heterocycles. The van der Waals surface area contributed by atoms with E-state index in [-0.39, 0.29) is 0 Å². The van der Waals surface area contributed by atoms with Crippen molar-refractivity contribution in [2.24, 2.45) is 5.41 Å². The first-order valence-corrected chi connectivity index (χ1v) is 6.30. The van der Waals surface area contributed by atoms with Crippen molar-refractivity contribution in [1.82, 2.24) is 9.55 Å². The van der Waals surface area contributed by atoms with Crippen LogP contribution in [0.3, 0.4) is 0 Å². The highest BCUT2D eigenvalue weighted by Crippen LogP contribution is 2.46. The lowest BCUT2D eigenvalue weighted by Crippen LogP contribution is -2.20. The molecule has 1 unspecified atom stereocenters. The molecule has 3 heteroatoms. The topological polar surface area (TPSA) is 43.8 Å². The Morgan fingerprint density at radius 3 is 2.94 bits per heavy atom. The number of benzene rings is 1. The molecule has 1 aliphatic rings. The number of hydrogen-bond donors (Lipinski definition) is 1. The maximum absolute atomic E-state index is 5.79. The maximum atomic E-state index is 5.79. The number of imidazole rings is 1. The third kappa shape index (κ3) is 1.61. The van der Waals surface area contributed by atoms with Crippen molar-refractivity contribution in [2.75, 3.05) is 5.73 Å². The molecule has 1 aromatic heterocycles. The minimum atomic E-state index is 0.370. The lowest BCUT2D eigenvalue weighted by Gasteiger charge is -2.28. The lowest BCUT2D eigenvalue weighted by atomic mass is 9.87. The number of rotatable bonds is 1. The normalized spacial score (nSPS) is 23.3. The monoisotopic (exact) mass is 229 g/mol. The molecule has 2 aromatic rings. The largest absolute Gasteiger partial charge is 0.399 e. The second kappa shape index (κ2) is 3.49. The number of hydrogen-bond acceptors (Lipinski definition) is 2. The van der Waals surface area contributed by atoms with Gasteiger partial charge in [0.2, 0.25) is 0 Å². The number of nitrogens with two attached hydrogens (primary N) is 1. The van der Waals surface area contributed by atoms with Crippen LogP contribution in [-0.2, 0) is 0 Å². The molecule has 2 N–H and O–H groups in total. The number of nitrogen functional groups attached to an aromatic ring is 1. The molecule has 1 atom stereocenters. The van der Waals surface area contributed by atoms with Crippen molar-refractivity contribution in [3.8, 4) is 0 Å². The molecule has 1 heterocycles. The summed E-state index contributed by atoms with van der Waals surface area (Å²) in [5.41, 5.74) is 9.16. The third-order valence-electron chi connectivity index (χ3n) is 4.14. The van der Waals surface area contributed by atoms with Gasteiger partial charge in [-0.25, -0.2) is 4.98 Å². The molecule has 0 bridgehead atoms. The van der Waals surface area contributed by atoms with Crippen molar-refractivity contribution < 1.29 is 0 Å². The van der Waals surface area contributed by atoms with Gasteiger partial charge in [0.1, 0.15) is 0 Å². The van der Waals surface area contributed by atoms with E-state index in [1.165, 1.54) is 24.8 Å². The predicted molar refractivity (Wildman–Crippen MR) is 70.8 cm³/mol. The van der Waals surface area contributed by atoms with E-state index in [1.54, 1.807) is 0 Å².